The maximum Gasteiger partial charge on any atom is 0.254 e. The average Bonchev–Trinajstić information content (AvgIpc) is 3.08. The van der Waals surface area contributed by atoms with Crippen molar-refractivity contribution in [3.05, 3.63) is 47.8 Å². The molecule has 1 N–H and O–H groups in total. The first-order chi connectivity index (χ1) is 12.2. The van der Waals surface area contributed by atoms with Crippen LogP contribution in [0.3, 0.4) is 0 Å². The Balaban J connectivity index is 1.43. The molecule has 0 radical (unpaired) electrons. The van der Waals surface area contributed by atoms with Gasteiger partial charge in [0.25, 0.3) is 5.91 Å². The lowest BCUT2D eigenvalue weighted by Gasteiger charge is -2.32. The van der Waals surface area contributed by atoms with E-state index in [0.717, 1.165) is 44.8 Å². The summed E-state index contributed by atoms with van der Waals surface area (Å²) in [6, 6.07) is 8.19. The van der Waals surface area contributed by atoms with Crippen LogP contribution in [0.15, 0.2) is 36.7 Å². The van der Waals surface area contributed by atoms with Crippen LogP contribution in [0.25, 0.3) is 0 Å². The van der Waals surface area contributed by atoms with Gasteiger partial charge in [0, 0.05) is 31.9 Å². The molecule has 1 saturated heterocycles. The molecule has 0 unspecified atom stereocenters. The molecule has 1 aliphatic heterocycles. The summed E-state index contributed by atoms with van der Waals surface area (Å²) in [5.41, 5.74) is 1.85. The van der Waals surface area contributed by atoms with Crippen molar-refractivity contribution in [2.45, 2.75) is 19.4 Å². The van der Waals surface area contributed by atoms with Crippen LogP contribution in [0.4, 0.5) is 0 Å². The molecule has 1 aliphatic rings. The van der Waals surface area contributed by atoms with Gasteiger partial charge in [-0.25, -0.2) is 0 Å². The molecule has 0 spiro atoms. The predicted molar refractivity (Wildman–Crippen MR) is 96.5 cm³/mol. The number of rotatable bonds is 6. The SMILES string of the molecule is COc1ccccc1CN1CCC(CNC(=O)c2cnn(C)c2)CC1. The average molecular weight is 342 g/mol. The standard InChI is InChI=1S/C19H26N4O2/c1-22-13-17(12-21-22)19(24)20-11-15-7-9-23(10-8-15)14-16-5-3-4-6-18(16)25-2/h3-6,12-13,15H,7-11,14H2,1-2H3,(H,20,24). The molecule has 134 valence electrons. The van der Waals surface area contributed by atoms with Crippen molar-refractivity contribution >= 4 is 5.91 Å². The van der Waals surface area contributed by atoms with Crippen LogP contribution in [0.5, 0.6) is 5.75 Å². The fraction of sp³-hybridized carbons (Fsp3) is 0.474. The minimum absolute atomic E-state index is 0.0375. The van der Waals surface area contributed by atoms with E-state index in [9.17, 15) is 4.79 Å². The van der Waals surface area contributed by atoms with Crippen molar-refractivity contribution in [1.29, 1.82) is 0 Å². The second-order valence-electron chi connectivity index (χ2n) is 6.64. The van der Waals surface area contributed by atoms with E-state index in [1.165, 1.54) is 5.56 Å². The van der Waals surface area contributed by atoms with Gasteiger partial charge in [-0.1, -0.05) is 18.2 Å². The molecule has 1 aromatic heterocycles. The van der Waals surface area contributed by atoms with Crippen molar-refractivity contribution in [3.8, 4) is 5.75 Å². The van der Waals surface area contributed by atoms with E-state index in [-0.39, 0.29) is 5.91 Å². The molecule has 1 amide bonds. The Bertz CT molecular complexity index is 705. The number of carbonyl (C=O) groups excluding carboxylic acids is 1. The third kappa shape index (κ3) is 4.60. The van der Waals surface area contributed by atoms with E-state index in [2.05, 4.69) is 27.4 Å². The van der Waals surface area contributed by atoms with Gasteiger partial charge in [0.2, 0.25) is 0 Å². The summed E-state index contributed by atoms with van der Waals surface area (Å²) in [6.07, 6.45) is 5.54. The highest BCUT2D eigenvalue weighted by Crippen LogP contribution is 2.23. The third-order valence-corrected chi connectivity index (χ3v) is 4.81. The summed E-state index contributed by atoms with van der Waals surface area (Å²) in [4.78, 5) is 14.5. The van der Waals surface area contributed by atoms with Crippen molar-refractivity contribution < 1.29 is 9.53 Å². The van der Waals surface area contributed by atoms with Crippen molar-refractivity contribution in [2.24, 2.45) is 13.0 Å². The first kappa shape index (κ1) is 17.5. The van der Waals surface area contributed by atoms with E-state index in [0.29, 0.717) is 11.5 Å². The van der Waals surface area contributed by atoms with Gasteiger partial charge < -0.3 is 10.1 Å². The number of piperidine rings is 1. The molecule has 2 aromatic rings. The number of amides is 1. The van der Waals surface area contributed by atoms with Crippen molar-refractivity contribution in [3.63, 3.8) is 0 Å². The van der Waals surface area contributed by atoms with Crippen LogP contribution < -0.4 is 10.1 Å². The van der Waals surface area contributed by atoms with Gasteiger partial charge in [0.1, 0.15) is 5.75 Å². The highest BCUT2D eigenvalue weighted by molar-refractivity contribution is 5.93. The number of hydrogen-bond acceptors (Lipinski definition) is 4. The van der Waals surface area contributed by atoms with Crippen LogP contribution in [-0.2, 0) is 13.6 Å². The molecule has 1 aromatic carbocycles. The van der Waals surface area contributed by atoms with E-state index in [1.807, 2.05) is 19.2 Å². The molecule has 0 saturated carbocycles. The van der Waals surface area contributed by atoms with Gasteiger partial charge in [-0.3, -0.25) is 14.4 Å². The first-order valence-corrected chi connectivity index (χ1v) is 8.77. The number of aryl methyl sites for hydroxylation is 1. The second-order valence-corrected chi connectivity index (χ2v) is 6.64. The molecule has 6 heteroatoms. The van der Waals surface area contributed by atoms with Crippen LogP contribution in [-0.4, -0.2) is 47.3 Å². The number of para-hydroxylation sites is 1. The largest absolute Gasteiger partial charge is 0.496 e. The summed E-state index contributed by atoms with van der Waals surface area (Å²) in [7, 11) is 3.53. The Hall–Kier alpha value is -2.34. The molecule has 0 bridgehead atoms. The zero-order chi connectivity index (χ0) is 17.6. The highest BCUT2D eigenvalue weighted by atomic mass is 16.5. The quantitative estimate of drug-likeness (QED) is 0.873. The lowest BCUT2D eigenvalue weighted by Crippen LogP contribution is -2.38. The smallest absolute Gasteiger partial charge is 0.254 e. The van der Waals surface area contributed by atoms with Gasteiger partial charge in [-0.15, -0.1) is 0 Å². The number of likely N-dealkylation sites (tertiary alicyclic amines) is 1. The normalized spacial score (nSPS) is 15.9. The van der Waals surface area contributed by atoms with E-state index >= 15 is 0 Å². The van der Waals surface area contributed by atoms with E-state index in [4.69, 9.17) is 4.74 Å². The van der Waals surface area contributed by atoms with Crippen LogP contribution >= 0.6 is 0 Å². The van der Waals surface area contributed by atoms with Crippen LogP contribution in [0, 0.1) is 5.92 Å². The minimum Gasteiger partial charge on any atom is -0.496 e. The predicted octanol–water partition coefficient (Wildman–Crippen LogP) is 2.07. The number of aromatic nitrogens is 2. The zero-order valence-electron chi connectivity index (χ0n) is 14.9. The lowest BCUT2D eigenvalue weighted by atomic mass is 9.96. The molecular weight excluding hydrogens is 316 g/mol. The maximum atomic E-state index is 12.1. The molecule has 0 atom stereocenters. The Morgan fingerprint density at radius 1 is 1.32 bits per heavy atom. The number of nitrogens with one attached hydrogen (secondary N) is 1. The number of hydrogen-bond donors (Lipinski definition) is 1. The third-order valence-electron chi connectivity index (χ3n) is 4.81. The van der Waals surface area contributed by atoms with E-state index in [1.54, 1.807) is 24.2 Å². The number of methoxy groups -OCH3 is 1. The second kappa shape index (κ2) is 8.16. The number of carbonyl (C=O) groups is 1. The Morgan fingerprint density at radius 2 is 2.08 bits per heavy atom. The minimum atomic E-state index is -0.0375. The summed E-state index contributed by atoms with van der Waals surface area (Å²) in [5, 5.41) is 7.07. The fourth-order valence-electron chi connectivity index (χ4n) is 3.30. The first-order valence-electron chi connectivity index (χ1n) is 8.77. The Labute approximate surface area is 148 Å². The summed E-state index contributed by atoms with van der Waals surface area (Å²) in [6.45, 7) is 3.74. The number of benzene rings is 1. The summed E-state index contributed by atoms with van der Waals surface area (Å²) >= 11 is 0. The molecule has 1 fully saturated rings. The zero-order valence-corrected chi connectivity index (χ0v) is 14.9. The van der Waals surface area contributed by atoms with Crippen molar-refractivity contribution in [1.82, 2.24) is 20.0 Å². The Morgan fingerprint density at radius 3 is 2.76 bits per heavy atom. The molecular formula is C19H26N4O2. The number of ether oxygens (including phenoxy) is 1. The molecule has 25 heavy (non-hydrogen) atoms. The van der Waals surface area contributed by atoms with Gasteiger partial charge >= 0.3 is 0 Å². The van der Waals surface area contributed by atoms with Gasteiger partial charge in [0.15, 0.2) is 0 Å². The van der Waals surface area contributed by atoms with Gasteiger partial charge in [-0.05, 0) is 37.9 Å². The maximum absolute atomic E-state index is 12.1. The van der Waals surface area contributed by atoms with Gasteiger partial charge in [0.05, 0.1) is 18.9 Å². The molecule has 3 rings (SSSR count). The monoisotopic (exact) mass is 342 g/mol. The van der Waals surface area contributed by atoms with E-state index < -0.39 is 0 Å². The fourth-order valence-corrected chi connectivity index (χ4v) is 3.30. The summed E-state index contributed by atoms with van der Waals surface area (Å²) < 4.78 is 7.08. The topological polar surface area (TPSA) is 59.4 Å². The van der Waals surface area contributed by atoms with Crippen LogP contribution in [0.2, 0.25) is 0 Å². The van der Waals surface area contributed by atoms with Gasteiger partial charge in [-0.2, -0.15) is 5.10 Å². The highest BCUT2D eigenvalue weighted by Gasteiger charge is 2.21. The lowest BCUT2D eigenvalue weighted by molar-refractivity contribution is 0.0935. The van der Waals surface area contributed by atoms with Crippen molar-refractivity contribution in [2.75, 3.05) is 26.7 Å². The van der Waals surface area contributed by atoms with Crippen LogP contribution in [0.1, 0.15) is 28.8 Å². The molecule has 6 nitrogen and oxygen atoms in total. The molecule has 0 aliphatic carbocycles. The molecule has 2 heterocycles. The summed E-state index contributed by atoms with van der Waals surface area (Å²) in [5.74, 6) is 1.45. The number of nitrogens with zero attached hydrogens (tertiary/aromatic N) is 3. The Kier molecular flexibility index (Phi) is 5.71.